The summed E-state index contributed by atoms with van der Waals surface area (Å²) in [4.78, 5) is 0. The van der Waals surface area contributed by atoms with Gasteiger partial charge in [0.1, 0.15) is 0 Å². The molecule has 0 radical (unpaired) electrons. The molecule has 2 aliphatic rings. The van der Waals surface area contributed by atoms with Crippen molar-refractivity contribution in [1.29, 1.82) is 0 Å². The molecule has 2 heterocycles. The molecule has 4 nitrogen and oxygen atoms in total. The van der Waals surface area contributed by atoms with E-state index >= 15 is 0 Å². The van der Waals surface area contributed by atoms with E-state index in [1.165, 1.54) is 6.42 Å². The normalized spacial score (nSPS) is 30.1. The maximum Gasteiger partial charge on any atom is 0.486 e. The van der Waals surface area contributed by atoms with Gasteiger partial charge in [-0.05, 0) is 47.0 Å². The fraction of sp³-hybridized carbons (Fsp3) is 0.857. The highest BCUT2D eigenvalue weighted by molar-refractivity contribution is 6.51. The summed E-state index contributed by atoms with van der Waals surface area (Å²) in [5, 5.41) is 0. The molecule has 1 atom stereocenters. The van der Waals surface area contributed by atoms with Crippen LogP contribution in [0.25, 0.3) is 0 Å². The van der Waals surface area contributed by atoms with Gasteiger partial charge in [-0.2, -0.15) is 0 Å². The second-order valence-corrected chi connectivity index (χ2v) is 6.18. The van der Waals surface area contributed by atoms with E-state index in [0.29, 0.717) is 6.61 Å². The molecule has 2 rings (SSSR count). The maximum absolute atomic E-state index is 5.86. The lowest BCUT2D eigenvalue weighted by molar-refractivity contribution is -0.155. The third-order valence-corrected chi connectivity index (χ3v) is 4.08. The second kappa shape index (κ2) is 5.96. The van der Waals surface area contributed by atoms with Gasteiger partial charge in [0.2, 0.25) is 0 Å². The Morgan fingerprint density at radius 3 is 2.42 bits per heavy atom. The van der Waals surface area contributed by atoms with E-state index in [1.54, 1.807) is 0 Å². The minimum Gasteiger partial charge on any atom is -0.400 e. The molecule has 0 N–H and O–H groups in total. The van der Waals surface area contributed by atoms with Crippen molar-refractivity contribution in [3.8, 4) is 0 Å². The van der Waals surface area contributed by atoms with Gasteiger partial charge in [0, 0.05) is 6.61 Å². The highest BCUT2D eigenvalue weighted by atomic mass is 16.7. The van der Waals surface area contributed by atoms with Crippen LogP contribution < -0.4 is 0 Å². The van der Waals surface area contributed by atoms with Crippen molar-refractivity contribution in [1.82, 2.24) is 0 Å². The van der Waals surface area contributed by atoms with Crippen molar-refractivity contribution in [3.63, 3.8) is 0 Å². The Hall–Kier alpha value is -0.355. The van der Waals surface area contributed by atoms with Crippen LogP contribution >= 0.6 is 0 Å². The molecule has 0 unspecified atom stereocenters. The molecular weight excluding hydrogens is 243 g/mol. The molecule has 0 amide bonds. The minimum atomic E-state index is -0.291. The fourth-order valence-electron chi connectivity index (χ4n) is 2.14. The molecule has 0 saturated carbocycles. The van der Waals surface area contributed by atoms with Gasteiger partial charge in [-0.3, -0.25) is 0 Å². The Bertz CT molecular complexity index is 305. The van der Waals surface area contributed by atoms with Crippen LogP contribution in [0.5, 0.6) is 0 Å². The maximum atomic E-state index is 5.86. The number of rotatable bonds is 4. The molecule has 0 spiro atoms. The molecule has 0 bridgehead atoms. The van der Waals surface area contributed by atoms with Crippen LogP contribution in [0, 0.1) is 0 Å². The topological polar surface area (TPSA) is 36.9 Å². The predicted octanol–water partition coefficient (Wildman–Crippen LogP) is 2.72. The van der Waals surface area contributed by atoms with E-state index in [1.807, 2.05) is 39.7 Å². The van der Waals surface area contributed by atoms with Crippen LogP contribution in [0.3, 0.4) is 0 Å². The van der Waals surface area contributed by atoms with Crippen LogP contribution in [0.4, 0.5) is 0 Å². The smallest absolute Gasteiger partial charge is 0.400 e. The van der Waals surface area contributed by atoms with Crippen molar-refractivity contribution in [3.05, 3.63) is 12.1 Å². The van der Waals surface area contributed by atoms with Crippen molar-refractivity contribution < 1.29 is 18.8 Å². The lowest BCUT2D eigenvalue weighted by atomic mass is 9.90. The van der Waals surface area contributed by atoms with Crippen LogP contribution in [-0.2, 0) is 18.8 Å². The average molecular weight is 268 g/mol. The fourth-order valence-corrected chi connectivity index (χ4v) is 2.14. The summed E-state index contributed by atoms with van der Waals surface area (Å²) in [6.45, 7) is 9.54. The van der Waals surface area contributed by atoms with Crippen LogP contribution in [0.2, 0.25) is 0 Å². The van der Waals surface area contributed by atoms with Gasteiger partial charge in [-0.25, -0.2) is 0 Å². The lowest BCUT2D eigenvalue weighted by Gasteiger charge is -2.32. The van der Waals surface area contributed by atoms with Crippen LogP contribution in [0.15, 0.2) is 12.1 Å². The highest BCUT2D eigenvalue weighted by Gasteiger charge is 2.49. The van der Waals surface area contributed by atoms with Crippen molar-refractivity contribution in [2.75, 3.05) is 13.2 Å². The van der Waals surface area contributed by atoms with Gasteiger partial charge >= 0.3 is 7.12 Å². The van der Waals surface area contributed by atoms with Crippen molar-refractivity contribution >= 4 is 7.12 Å². The van der Waals surface area contributed by atoms with Crippen LogP contribution in [-0.4, -0.2) is 37.8 Å². The summed E-state index contributed by atoms with van der Waals surface area (Å²) in [6.07, 6.45) is 5.22. The van der Waals surface area contributed by atoms with E-state index < -0.39 is 0 Å². The first-order valence-electron chi connectivity index (χ1n) is 7.16. The Labute approximate surface area is 116 Å². The molecule has 5 heteroatoms. The lowest BCUT2D eigenvalue weighted by Crippen LogP contribution is -2.41. The van der Waals surface area contributed by atoms with E-state index in [0.717, 1.165) is 19.4 Å². The summed E-state index contributed by atoms with van der Waals surface area (Å²) in [5.41, 5.74) is -0.565. The third-order valence-electron chi connectivity index (χ3n) is 4.08. The summed E-state index contributed by atoms with van der Waals surface area (Å²) in [7, 11) is -0.291. The Kier molecular flexibility index (Phi) is 4.72. The SMILES string of the molecule is CC1(C)OB(/C=C/CO[C@H]2CCCCO2)OC1(C)C. The predicted molar refractivity (Wildman–Crippen MR) is 74.8 cm³/mol. The zero-order valence-corrected chi connectivity index (χ0v) is 12.5. The van der Waals surface area contributed by atoms with E-state index in [9.17, 15) is 0 Å². The zero-order valence-electron chi connectivity index (χ0n) is 12.5. The largest absolute Gasteiger partial charge is 0.486 e. The van der Waals surface area contributed by atoms with Crippen molar-refractivity contribution in [2.24, 2.45) is 0 Å². The van der Waals surface area contributed by atoms with Crippen LogP contribution in [0.1, 0.15) is 47.0 Å². The molecule has 19 heavy (non-hydrogen) atoms. The van der Waals surface area contributed by atoms with Gasteiger partial charge < -0.3 is 18.8 Å². The van der Waals surface area contributed by atoms with Gasteiger partial charge in [-0.1, -0.05) is 12.1 Å². The van der Waals surface area contributed by atoms with Crippen molar-refractivity contribution in [2.45, 2.75) is 64.4 Å². The Morgan fingerprint density at radius 1 is 1.16 bits per heavy atom. The Balaban J connectivity index is 1.72. The van der Waals surface area contributed by atoms with Gasteiger partial charge in [0.15, 0.2) is 6.29 Å². The minimum absolute atomic E-state index is 0.0447. The number of hydrogen-bond donors (Lipinski definition) is 0. The zero-order chi connectivity index (χ0) is 13.9. The summed E-state index contributed by atoms with van der Waals surface area (Å²) in [6, 6.07) is 0. The summed E-state index contributed by atoms with van der Waals surface area (Å²) < 4.78 is 22.8. The third kappa shape index (κ3) is 3.82. The molecule has 2 saturated heterocycles. The standard InChI is InChI=1S/C14H25BO4/c1-13(2)14(3,4)19-15(18-13)9-7-11-17-12-8-5-6-10-16-12/h7,9,12H,5-6,8,10-11H2,1-4H3/b9-7+/t12-/m0/s1. The molecule has 0 aromatic heterocycles. The quantitative estimate of drug-likeness (QED) is 0.734. The van der Waals surface area contributed by atoms with Gasteiger partial charge in [-0.15, -0.1) is 0 Å². The molecule has 0 aromatic carbocycles. The monoisotopic (exact) mass is 268 g/mol. The Morgan fingerprint density at radius 2 is 1.84 bits per heavy atom. The molecule has 0 aromatic rings. The second-order valence-electron chi connectivity index (χ2n) is 6.18. The molecule has 2 fully saturated rings. The molecular formula is C14H25BO4. The molecule has 108 valence electrons. The van der Waals surface area contributed by atoms with Gasteiger partial charge in [0.25, 0.3) is 0 Å². The summed E-state index contributed by atoms with van der Waals surface area (Å²) in [5.74, 6) is 1.92. The molecule has 0 aliphatic carbocycles. The summed E-state index contributed by atoms with van der Waals surface area (Å²) >= 11 is 0. The first kappa shape index (κ1) is 15.0. The van der Waals surface area contributed by atoms with E-state index in [2.05, 4.69) is 0 Å². The first-order valence-corrected chi connectivity index (χ1v) is 7.16. The number of hydrogen-bond acceptors (Lipinski definition) is 4. The van der Waals surface area contributed by atoms with E-state index in [4.69, 9.17) is 18.8 Å². The van der Waals surface area contributed by atoms with E-state index in [-0.39, 0.29) is 24.6 Å². The van der Waals surface area contributed by atoms with Gasteiger partial charge in [0.05, 0.1) is 17.8 Å². The highest BCUT2D eigenvalue weighted by Crippen LogP contribution is 2.36. The number of ether oxygens (including phenoxy) is 2. The average Bonchev–Trinajstić information content (AvgIpc) is 2.55. The molecule has 2 aliphatic heterocycles. The first-order chi connectivity index (χ1) is 8.91.